The van der Waals surface area contributed by atoms with Gasteiger partial charge < -0.3 is 8.83 Å². The van der Waals surface area contributed by atoms with E-state index in [2.05, 4.69) is 146 Å². The molecular formula is C51H35N3O2. The van der Waals surface area contributed by atoms with Gasteiger partial charge in [-0.3, -0.25) is 0 Å². The molecule has 0 amide bonds. The lowest BCUT2D eigenvalue weighted by molar-refractivity contribution is 0.548. The zero-order valence-electron chi connectivity index (χ0n) is 30.6. The third-order valence-electron chi connectivity index (χ3n) is 11.1. The van der Waals surface area contributed by atoms with Gasteiger partial charge >= 0.3 is 0 Å². The molecule has 5 heteroatoms. The van der Waals surface area contributed by atoms with Gasteiger partial charge in [0.15, 0.2) is 17.5 Å². The third kappa shape index (κ3) is 5.59. The van der Waals surface area contributed by atoms with Crippen molar-refractivity contribution in [2.75, 3.05) is 0 Å². The molecule has 0 fully saturated rings. The first-order valence-electron chi connectivity index (χ1n) is 19.3. The summed E-state index contributed by atoms with van der Waals surface area (Å²) < 4.78 is 13.0. The van der Waals surface area contributed by atoms with E-state index in [1.165, 1.54) is 22.3 Å². The second-order valence-corrected chi connectivity index (χ2v) is 14.5. The van der Waals surface area contributed by atoms with Gasteiger partial charge in [-0.05, 0) is 71.4 Å². The number of para-hydroxylation sites is 2. The summed E-state index contributed by atoms with van der Waals surface area (Å²) in [5.41, 5.74) is 13.5. The molecule has 11 rings (SSSR count). The predicted molar refractivity (Wildman–Crippen MR) is 228 cm³/mol. The number of allylic oxidation sites excluding steroid dienone is 5. The van der Waals surface area contributed by atoms with E-state index in [0.717, 1.165) is 97.7 Å². The number of benzene rings is 6. The van der Waals surface area contributed by atoms with Crippen LogP contribution in [0.15, 0.2) is 167 Å². The maximum Gasteiger partial charge on any atom is 0.164 e. The molecule has 0 radical (unpaired) electrons. The number of hydrogen-bond acceptors (Lipinski definition) is 5. The monoisotopic (exact) mass is 721 g/mol. The molecule has 3 aromatic heterocycles. The third-order valence-corrected chi connectivity index (χ3v) is 11.1. The van der Waals surface area contributed by atoms with Gasteiger partial charge in [0.25, 0.3) is 0 Å². The highest BCUT2D eigenvalue weighted by Gasteiger charge is 2.24. The first kappa shape index (κ1) is 32.3. The van der Waals surface area contributed by atoms with Crippen LogP contribution in [0.3, 0.4) is 0 Å². The second kappa shape index (κ2) is 13.3. The van der Waals surface area contributed by atoms with Crippen LogP contribution in [0.25, 0.3) is 95.2 Å². The Labute approximate surface area is 324 Å². The van der Waals surface area contributed by atoms with E-state index in [9.17, 15) is 0 Å². The fourth-order valence-corrected chi connectivity index (χ4v) is 8.31. The number of rotatable bonds is 6. The lowest BCUT2D eigenvalue weighted by Gasteiger charge is -2.15. The minimum absolute atomic E-state index is 0.618. The molecule has 0 bridgehead atoms. The quantitative estimate of drug-likeness (QED) is 0.171. The van der Waals surface area contributed by atoms with E-state index in [1.54, 1.807) is 0 Å². The average molecular weight is 722 g/mol. The van der Waals surface area contributed by atoms with Gasteiger partial charge in [0, 0.05) is 50.4 Å². The molecule has 0 saturated heterocycles. The maximum atomic E-state index is 6.55. The molecule has 0 saturated carbocycles. The molecule has 266 valence electrons. The van der Waals surface area contributed by atoms with Gasteiger partial charge in [0.1, 0.15) is 22.5 Å². The summed E-state index contributed by atoms with van der Waals surface area (Å²) in [5, 5.41) is 3.24. The van der Waals surface area contributed by atoms with Crippen molar-refractivity contribution in [1.82, 2.24) is 15.0 Å². The topological polar surface area (TPSA) is 65.0 Å². The fraction of sp³-hybridized carbons (Fsp3) is 0.0784. The van der Waals surface area contributed by atoms with E-state index in [0.29, 0.717) is 17.5 Å². The van der Waals surface area contributed by atoms with Crippen molar-refractivity contribution in [3.8, 4) is 45.0 Å². The summed E-state index contributed by atoms with van der Waals surface area (Å²) in [5.74, 6) is 2.90. The first-order chi connectivity index (χ1) is 27.7. The summed E-state index contributed by atoms with van der Waals surface area (Å²) in [7, 11) is 0. The van der Waals surface area contributed by atoms with E-state index in [4.69, 9.17) is 23.8 Å². The van der Waals surface area contributed by atoms with E-state index in [1.807, 2.05) is 18.2 Å². The van der Waals surface area contributed by atoms with Gasteiger partial charge in [-0.1, -0.05) is 140 Å². The number of nitrogens with zero attached hydrogens (tertiary/aromatic N) is 3. The van der Waals surface area contributed by atoms with Gasteiger partial charge in [-0.25, -0.2) is 15.0 Å². The zero-order valence-corrected chi connectivity index (χ0v) is 30.6. The summed E-state index contributed by atoms with van der Waals surface area (Å²) in [4.78, 5) is 15.5. The van der Waals surface area contributed by atoms with Crippen molar-refractivity contribution in [1.29, 1.82) is 0 Å². The highest BCUT2D eigenvalue weighted by molar-refractivity contribution is 6.09. The van der Waals surface area contributed by atoms with Crippen molar-refractivity contribution in [2.45, 2.75) is 25.7 Å². The molecule has 5 nitrogen and oxygen atoms in total. The Kier molecular flexibility index (Phi) is 7.69. The smallest absolute Gasteiger partial charge is 0.164 e. The standard InChI is InChI=1S/C51H35N3O2/c1-3-12-32(13-4-1)33-24-26-34(27-25-33)36-28-29-45-43(31-36)47-42(21-11-23-46(47)55-45)51-53-49(35-14-5-2-6-15-35)52-50(54-51)38-17-9-16-37(30-38)39-19-10-20-41-40-18-7-8-22-44(40)56-48(39)41/h1,3-5,7-27,30-31H,2,6,28-29H2. The zero-order chi connectivity index (χ0) is 37.0. The van der Waals surface area contributed by atoms with Crippen LogP contribution in [0, 0.1) is 0 Å². The van der Waals surface area contributed by atoms with Crippen LogP contribution >= 0.6 is 0 Å². The van der Waals surface area contributed by atoms with Gasteiger partial charge in [0.2, 0.25) is 0 Å². The Hall–Kier alpha value is -7.11. The van der Waals surface area contributed by atoms with E-state index >= 15 is 0 Å². The molecular weight excluding hydrogens is 687 g/mol. The predicted octanol–water partition coefficient (Wildman–Crippen LogP) is 13.4. The Morgan fingerprint density at radius 3 is 2.07 bits per heavy atom. The Balaban J connectivity index is 1.04. The van der Waals surface area contributed by atoms with Crippen LogP contribution in [0.2, 0.25) is 0 Å². The number of aryl methyl sites for hydroxylation is 1. The van der Waals surface area contributed by atoms with Crippen molar-refractivity contribution >= 4 is 50.1 Å². The molecule has 0 atom stereocenters. The van der Waals surface area contributed by atoms with Crippen LogP contribution in [0.1, 0.15) is 42.0 Å². The van der Waals surface area contributed by atoms with Crippen LogP contribution in [-0.2, 0) is 6.42 Å². The fourth-order valence-electron chi connectivity index (χ4n) is 8.31. The van der Waals surface area contributed by atoms with Crippen LogP contribution < -0.4 is 0 Å². The molecule has 2 aliphatic carbocycles. The Morgan fingerprint density at radius 1 is 0.482 bits per heavy atom. The number of fused-ring (bicyclic) bond motifs is 6. The van der Waals surface area contributed by atoms with E-state index < -0.39 is 0 Å². The minimum atomic E-state index is 0.618. The summed E-state index contributed by atoms with van der Waals surface area (Å²) in [6.45, 7) is 0. The number of hydrogen-bond donors (Lipinski definition) is 0. The van der Waals surface area contributed by atoms with Crippen LogP contribution in [0.5, 0.6) is 0 Å². The molecule has 0 unspecified atom stereocenters. The Morgan fingerprint density at radius 2 is 1.18 bits per heavy atom. The van der Waals surface area contributed by atoms with Crippen LogP contribution in [0.4, 0.5) is 0 Å². The summed E-state index contributed by atoms with van der Waals surface area (Å²) in [6, 6.07) is 48.6. The van der Waals surface area contributed by atoms with Gasteiger partial charge in [-0.15, -0.1) is 0 Å². The number of furan rings is 2. The first-order valence-corrected chi connectivity index (χ1v) is 19.3. The Bertz CT molecular complexity index is 3070. The normalized spacial score (nSPS) is 13.9. The van der Waals surface area contributed by atoms with Crippen molar-refractivity contribution in [2.24, 2.45) is 0 Å². The highest BCUT2D eigenvalue weighted by atomic mass is 16.3. The molecule has 9 aromatic rings. The maximum absolute atomic E-state index is 6.55. The number of aromatic nitrogens is 3. The largest absolute Gasteiger partial charge is 0.460 e. The summed E-state index contributed by atoms with van der Waals surface area (Å²) in [6.07, 6.45) is 12.5. The van der Waals surface area contributed by atoms with Crippen LogP contribution in [-0.4, -0.2) is 15.0 Å². The second-order valence-electron chi connectivity index (χ2n) is 14.5. The molecule has 0 aliphatic heterocycles. The van der Waals surface area contributed by atoms with Crippen molar-refractivity contribution in [3.05, 3.63) is 180 Å². The van der Waals surface area contributed by atoms with E-state index in [-0.39, 0.29) is 0 Å². The molecule has 6 aromatic carbocycles. The molecule has 56 heavy (non-hydrogen) atoms. The highest BCUT2D eigenvalue weighted by Crippen LogP contribution is 2.42. The average Bonchev–Trinajstić information content (AvgIpc) is 3.85. The molecule has 3 heterocycles. The van der Waals surface area contributed by atoms with Crippen molar-refractivity contribution < 1.29 is 8.83 Å². The SMILES string of the molecule is C1=CC(c2nc(-c3cccc(-c4cccc5c4oc4ccccc45)c3)nc(-c3cccc4oc5c(c34)C=C(c3ccc(-c4ccccc4)cc3)CC5)n2)=CCC1. The molecule has 2 aliphatic rings. The summed E-state index contributed by atoms with van der Waals surface area (Å²) >= 11 is 0. The molecule has 0 spiro atoms. The van der Waals surface area contributed by atoms with Crippen molar-refractivity contribution in [3.63, 3.8) is 0 Å². The minimum Gasteiger partial charge on any atom is -0.460 e. The van der Waals surface area contributed by atoms with Gasteiger partial charge in [0.05, 0.1) is 0 Å². The lowest BCUT2D eigenvalue weighted by Crippen LogP contribution is -2.03. The van der Waals surface area contributed by atoms with Gasteiger partial charge in [-0.2, -0.15) is 0 Å². The molecule has 0 N–H and O–H groups in total. The lowest BCUT2D eigenvalue weighted by atomic mass is 9.90.